The summed E-state index contributed by atoms with van der Waals surface area (Å²) in [6.45, 7) is 10.8. The van der Waals surface area contributed by atoms with Gasteiger partial charge in [0, 0.05) is 38.4 Å². The van der Waals surface area contributed by atoms with E-state index in [1.807, 2.05) is 0 Å². The van der Waals surface area contributed by atoms with Gasteiger partial charge in [0.2, 0.25) is 0 Å². The Kier molecular flexibility index (Phi) is 4.58. The second-order valence-corrected chi connectivity index (χ2v) is 6.05. The Balaban J connectivity index is 1.42. The molecule has 0 unspecified atom stereocenters. The zero-order valence-corrected chi connectivity index (χ0v) is 12.7. The van der Waals surface area contributed by atoms with Crippen molar-refractivity contribution < 1.29 is 0 Å². The summed E-state index contributed by atoms with van der Waals surface area (Å²) in [7, 11) is 0. The van der Waals surface area contributed by atoms with Crippen molar-refractivity contribution in [1.82, 2.24) is 9.80 Å². The van der Waals surface area contributed by atoms with E-state index in [2.05, 4.69) is 40.2 Å². The summed E-state index contributed by atoms with van der Waals surface area (Å²) in [6, 6.07) is 6.97. The molecule has 3 nitrogen and oxygen atoms in total. The zero-order chi connectivity index (χ0) is 13.8. The number of hydrogen-bond donors (Lipinski definition) is 1. The SMILES string of the molecule is CCN1CCN(CCCc2ccc3c(c2)CCN3)CC1. The number of likely N-dealkylation sites (N-methyl/N-ethyl adjacent to an activating group) is 1. The van der Waals surface area contributed by atoms with E-state index in [1.54, 1.807) is 0 Å². The highest BCUT2D eigenvalue weighted by molar-refractivity contribution is 5.56. The first-order valence-corrected chi connectivity index (χ1v) is 8.15. The molecule has 3 rings (SSSR count). The Bertz CT molecular complexity index is 436. The van der Waals surface area contributed by atoms with Gasteiger partial charge in [0.15, 0.2) is 0 Å². The molecule has 0 aliphatic carbocycles. The van der Waals surface area contributed by atoms with Crippen LogP contribution >= 0.6 is 0 Å². The van der Waals surface area contributed by atoms with Crippen molar-refractivity contribution in [2.24, 2.45) is 0 Å². The maximum atomic E-state index is 3.43. The van der Waals surface area contributed by atoms with Gasteiger partial charge in [-0.05, 0) is 49.5 Å². The molecule has 2 aliphatic rings. The molecule has 1 aromatic carbocycles. The van der Waals surface area contributed by atoms with Crippen LogP contribution in [0, 0.1) is 0 Å². The summed E-state index contributed by atoms with van der Waals surface area (Å²) >= 11 is 0. The first kappa shape index (κ1) is 13.9. The topological polar surface area (TPSA) is 18.5 Å². The molecule has 0 radical (unpaired) electrons. The zero-order valence-electron chi connectivity index (χ0n) is 12.7. The van der Waals surface area contributed by atoms with Gasteiger partial charge in [-0.15, -0.1) is 0 Å². The summed E-state index contributed by atoms with van der Waals surface area (Å²) in [5.74, 6) is 0. The maximum Gasteiger partial charge on any atom is 0.0373 e. The van der Waals surface area contributed by atoms with Gasteiger partial charge in [-0.25, -0.2) is 0 Å². The Morgan fingerprint density at radius 2 is 1.90 bits per heavy atom. The third-order valence-electron chi connectivity index (χ3n) is 4.73. The van der Waals surface area contributed by atoms with E-state index in [-0.39, 0.29) is 0 Å². The van der Waals surface area contributed by atoms with Crippen molar-refractivity contribution in [1.29, 1.82) is 0 Å². The van der Waals surface area contributed by atoms with Gasteiger partial charge in [0.1, 0.15) is 0 Å². The average molecular weight is 273 g/mol. The minimum absolute atomic E-state index is 1.11. The van der Waals surface area contributed by atoms with Gasteiger partial charge < -0.3 is 15.1 Å². The molecule has 1 saturated heterocycles. The molecule has 0 aromatic heterocycles. The number of hydrogen-bond acceptors (Lipinski definition) is 3. The van der Waals surface area contributed by atoms with E-state index in [0.29, 0.717) is 0 Å². The molecule has 0 spiro atoms. The summed E-state index contributed by atoms with van der Waals surface area (Å²) < 4.78 is 0. The Morgan fingerprint density at radius 3 is 2.70 bits per heavy atom. The molecule has 0 atom stereocenters. The van der Waals surface area contributed by atoms with Gasteiger partial charge in [0.25, 0.3) is 0 Å². The number of aryl methyl sites for hydroxylation is 1. The second-order valence-electron chi connectivity index (χ2n) is 6.05. The van der Waals surface area contributed by atoms with Crippen molar-refractivity contribution in [3.05, 3.63) is 29.3 Å². The third-order valence-corrected chi connectivity index (χ3v) is 4.73. The van der Waals surface area contributed by atoms with Crippen LogP contribution in [0.4, 0.5) is 5.69 Å². The number of fused-ring (bicyclic) bond motifs is 1. The maximum absolute atomic E-state index is 3.43. The number of rotatable bonds is 5. The summed E-state index contributed by atoms with van der Waals surface area (Å²) in [5.41, 5.74) is 4.38. The highest BCUT2D eigenvalue weighted by Crippen LogP contribution is 2.23. The monoisotopic (exact) mass is 273 g/mol. The standard InChI is InChI=1S/C17H27N3/c1-2-19-10-12-20(13-11-19)9-3-4-15-5-6-17-16(14-15)7-8-18-17/h5-6,14,18H,2-4,7-13H2,1H3. The fraction of sp³-hybridized carbons (Fsp3) is 0.647. The lowest BCUT2D eigenvalue weighted by Gasteiger charge is -2.34. The van der Waals surface area contributed by atoms with Crippen molar-refractivity contribution in [2.75, 3.05) is 51.1 Å². The normalized spacial score (nSPS) is 19.9. The molecule has 110 valence electrons. The molecule has 0 amide bonds. The average Bonchev–Trinajstić information content (AvgIpc) is 2.95. The van der Waals surface area contributed by atoms with Gasteiger partial charge in [-0.3, -0.25) is 0 Å². The van der Waals surface area contributed by atoms with E-state index in [1.165, 1.54) is 75.3 Å². The van der Waals surface area contributed by atoms with Gasteiger partial charge in [-0.1, -0.05) is 19.1 Å². The molecule has 0 bridgehead atoms. The van der Waals surface area contributed by atoms with Crippen molar-refractivity contribution >= 4 is 5.69 Å². The quantitative estimate of drug-likeness (QED) is 0.887. The molecule has 1 fully saturated rings. The van der Waals surface area contributed by atoms with Gasteiger partial charge in [-0.2, -0.15) is 0 Å². The van der Waals surface area contributed by atoms with Gasteiger partial charge in [0.05, 0.1) is 0 Å². The molecule has 1 aromatic rings. The first-order valence-electron chi connectivity index (χ1n) is 8.15. The van der Waals surface area contributed by atoms with Gasteiger partial charge >= 0.3 is 0 Å². The molecule has 1 N–H and O–H groups in total. The number of anilines is 1. The highest BCUT2D eigenvalue weighted by Gasteiger charge is 2.15. The van der Waals surface area contributed by atoms with Crippen molar-refractivity contribution in [3.63, 3.8) is 0 Å². The fourth-order valence-electron chi connectivity index (χ4n) is 3.35. The van der Waals surface area contributed by atoms with E-state index in [0.717, 1.165) is 6.54 Å². The lowest BCUT2D eigenvalue weighted by molar-refractivity contribution is 0.136. The van der Waals surface area contributed by atoms with Crippen LogP contribution in [0.5, 0.6) is 0 Å². The number of benzene rings is 1. The molecule has 2 heterocycles. The lowest BCUT2D eigenvalue weighted by Crippen LogP contribution is -2.46. The Labute approximate surface area is 123 Å². The molecule has 3 heteroatoms. The Morgan fingerprint density at radius 1 is 1.10 bits per heavy atom. The minimum atomic E-state index is 1.11. The van der Waals surface area contributed by atoms with Crippen molar-refractivity contribution in [2.45, 2.75) is 26.2 Å². The van der Waals surface area contributed by atoms with Crippen LogP contribution in [-0.4, -0.2) is 55.6 Å². The predicted molar refractivity (Wildman–Crippen MR) is 85.5 cm³/mol. The summed E-state index contributed by atoms with van der Waals surface area (Å²) in [5, 5.41) is 3.43. The number of nitrogens with one attached hydrogen (secondary N) is 1. The van der Waals surface area contributed by atoms with Crippen LogP contribution in [0.2, 0.25) is 0 Å². The van der Waals surface area contributed by atoms with Crippen molar-refractivity contribution in [3.8, 4) is 0 Å². The van der Waals surface area contributed by atoms with Crippen LogP contribution in [0.3, 0.4) is 0 Å². The second kappa shape index (κ2) is 6.59. The molecule has 20 heavy (non-hydrogen) atoms. The number of nitrogens with zero attached hydrogens (tertiary/aromatic N) is 2. The summed E-state index contributed by atoms with van der Waals surface area (Å²) in [4.78, 5) is 5.17. The van der Waals surface area contributed by atoms with E-state index in [9.17, 15) is 0 Å². The Hall–Kier alpha value is -1.06. The van der Waals surface area contributed by atoms with E-state index in [4.69, 9.17) is 0 Å². The highest BCUT2D eigenvalue weighted by atomic mass is 15.3. The third kappa shape index (κ3) is 3.33. The summed E-state index contributed by atoms with van der Waals surface area (Å²) in [6.07, 6.45) is 3.71. The number of piperazine rings is 1. The smallest absolute Gasteiger partial charge is 0.0373 e. The first-order chi connectivity index (χ1) is 9.85. The lowest BCUT2D eigenvalue weighted by atomic mass is 10.0. The minimum Gasteiger partial charge on any atom is -0.384 e. The van der Waals surface area contributed by atoms with Crippen LogP contribution < -0.4 is 5.32 Å². The fourth-order valence-corrected chi connectivity index (χ4v) is 3.35. The largest absolute Gasteiger partial charge is 0.384 e. The van der Waals surface area contributed by atoms with Crippen LogP contribution in [-0.2, 0) is 12.8 Å². The van der Waals surface area contributed by atoms with Crippen LogP contribution in [0.15, 0.2) is 18.2 Å². The predicted octanol–water partition coefficient (Wildman–Crippen LogP) is 2.22. The molecule has 0 saturated carbocycles. The van der Waals surface area contributed by atoms with E-state index < -0.39 is 0 Å². The van der Waals surface area contributed by atoms with Crippen LogP contribution in [0.25, 0.3) is 0 Å². The molecular formula is C17H27N3. The van der Waals surface area contributed by atoms with Crippen LogP contribution in [0.1, 0.15) is 24.5 Å². The molecule has 2 aliphatic heterocycles. The van der Waals surface area contributed by atoms with E-state index >= 15 is 0 Å². The molecular weight excluding hydrogens is 246 g/mol.